The van der Waals surface area contributed by atoms with Crippen LogP contribution in [0.25, 0.3) is 0 Å². The van der Waals surface area contributed by atoms with Crippen molar-refractivity contribution in [3.63, 3.8) is 0 Å². The molecule has 1 saturated heterocycles. The lowest BCUT2D eigenvalue weighted by molar-refractivity contribution is 0.0451. The molecule has 2 aromatic rings. The molecule has 0 unspecified atom stereocenters. The van der Waals surface area contributed by atoms with E-state index in [1.807, 2.05) is 18.2 Å². The topological polar surface area (TPSA) is 46.6 Å². The number of carbonyl (C=O) groups excluding carboxylic acids is 1. The Morgan fingerprint density at radius 2 is 1.88 bits per heavy atom. The SMILES string of the molecule is C[S@](=O)c1ccc(C(=O)OC[C@@H]2CCN(c3ccccc3)C2)cc1. The van der Waals surface area contributed by atoms with Crippen molar-refractivity contribution in [1.82, 2.24) is 0 Å². The van der Waals surface area contributed by atoms with E-state index in [1.165, 1.54) is 5.69 Å². The number of para-hydroxylation sites is 1. The average Bonchev–Trinajstić information content (AvgIpc) is 3.09. The molecule has 0 radical (unpaired) electrons. The highest BCUT2D eigenvalue weighted by atomic mass is 32.2. The van der Waals surface area contributed by atoms with Crippen molar-refractivity contribution in [2.24, 2.45) is 5.92 Å². The highest BCUT2D eigenvalue weighted by Crippen LogP contribution is 2.23. The quantitative estimate of drug-likeness (QED) is 0.783. The van der Waals surface area contributed by atoms with Gasteiger partial charge in [-0.05, 0) is 42.8 Å². The van der Waals surface area contributed by atoms with E-state index in [-0.39, 0.29) is 5.97 Å². The molecule has 0 saturated carbocycles. The van der Waals surface area contributed by atoms with Gasteiger partial charge in [0.25, 0.3) is 0 Å². The maximum absolute atomic E-state index is 12.1. The first-order valence-corrected chi connectivity index (χ1v) is 9.60. The predicted molar refractivity (Wildman–Crippen MR) is 95.8 cm³/mol. The van der Waals surface area contributed by atoms with E-state index in [0.717, 1.165) is 19.5 Å². The van der Waals surface area contributed by atoms with Gasteiger partial charge in [0.1, 0.15) is 0 Å². The monoisotopic (exact) mass is 343 g/mol. The molecular formula is C19H21NO3S. The second-order valence-corrected chi connectivity index (χ2v) is 7.39. The third-order valence-electron chi connectivity index (χ3n) is 4.28. The Labute approximate surface area is 144 Å². The molecule has 0 aromatic heterocycles. The minimum Gasteiger partial charge on any atom is -0.462 e. The fraction of sp³-hybridized carbons (Fsp3) is 0.316. The molecule has 5 heteroatoms. The molecule has 3 rings (SSSR count). The van der Waals surface area contributed by atoms with Crippen LogP contribution in [0.3, 0.4) is 0 Å². The smallest absolute Gasteiger partial charge is 0.338 e. The summed E-state index contributed by atoms with van der Waals surface area (Å²) in [6, 6.07) is 17.1. The van der Waals surface area contributed by atoms with E-state index in [0.29, 0.717) is 23.0 Å². The van der Waals surface area contributed by atoms with Crippen LogP contribution in [-0.4, -0.2) is 36.1 Å². The molecule has 1 fully saturated rings. The second-order valence-electron chi connectivity index (χ2n) is 6.01. The Kier molecular flexibility index (Phi) is 5.30. The van der Waals surface area contributed by atoms with Gasteiger partial charge in [-0.2, -0.15) is 0 Å². The zero-order valence-electron chi connectivity index (χ0n) is 13.7. The molecule has 2 aromatic carbocycles. The number of rotatable bonds is 5. The summed E-state index contributed by atoms with van der Waals surface area (Å²) in [6.07, 6.45) is 2.64. The van der Waals surface area contributed by atoms with E-state index in [1.54, 1.807) is 30.5 Å². The van der Waals surface area contributed by atoms with Crippen LogP contribution < -0.4 is 4.90 Å². The molecule has 4 nitrogen and oxygen atoms in total. The number of hydrogen-bond donors (Lipinski definition) is 0. The third-order valence-corrected chi connectivity index (χ3v) is 5.22. The number of nitrogens with zero attached hydrogens (tertiary/aromatic N) is 1. The van der Waals surface area contributed by atoms with Gasteiger partial charge in [0.05, 0.1) is 12.2 Å². The molecule has 0 bridgehead atoms. The van der Waals surface area contributed by atoms with Crippen molar-refractivity contribution >= 4 is 22.5 Å². The van der Waals surface area contributed by atoms with Crippen molar-refractivity contribution < 1.29 is 13.7 Å². The Balaban J connectivity index is 1.51. The summed E-state index contributed by atoms with van der Waals surface area (Å²) in [5, 5.41) is 0. The Bertz CT molecular complexity index is 715. The first-order chi connectivity index (χ1) is 11.6. The molecule has 0 spiro atoms. The normalized spacial score (nSPS) is 18.4. The maximum Gasteiger partial charge on any atom is 0.338 e. The van der Waals surface area contributed by atoms with Gasteiger partial charge in [-0.25, -0.2) is 4.79 Å². The van der Waals surface area contributed by atoms with Crippen molar-refractivity contribution in [2.45, 2.75) is 11.3 Å². The van der Waals surface area contributed by atoms with Crippen LogP contribution in [-0.2, 0) is 15.5 Å². The fourth-order valence-electron chi connectivity index (χ4n) is 2.90. The van der Waals surface area contributed by atoms with Crippen LogP contribution in [0.2, 0.25) is 0 Å². The number of esters is 1. The summed E-state index contributed by atoms with van der Waals surface area (Å²) >= 11 is 0. The Morgan fingerprint density at radius 3 is 2.54 bits per heavy atom. The van der Waals surface area contributed by atoms with Gasteiger partial charge in [0, 0.05) is 46.6 Å². The zero-order chi connectivity index (χ0) is 16.9. The Morgan fingerprint density at radius 1 is 1.17 bits per heavy atom. The van der Waals surface area contributed by atoms with Crippen molar-refractivity contribution in [3.05, 3.63) is 60.2 Å². The number of anilines is 1. The number of hydrogen-bond acceptors (Lipinski definition) is 4. The molecule has 0 aliphatic carbocycles. The second kappa shape index (κ2) is 7.62. The average molecular weight is 343 g/mol. The first-order valence-electron chi connectivity index (χ1n) is 8.04. The van der Waals surface area contributed by atoms with Gasteiger partial charge < -0.3 is 9.64 Å². The molecular weight excluding hydrogens is 322 g/mol. The summed E-state index contributed by atoms with van der Waals surface area (Å²) in [5.74, 6) is 0.0400. The van der Waals surface area contributed by atoms with E-state index in [2.05, 4.69) is 17.0 Å². The van der Waals surface area contributed by atoms with Gasteiger partial charge >= 0.3 is 5.97 Å². The van der Waals surface area contributed by atoms with Crippen LogP contribution >= 0.6 is 0 Å². The molecule has 1 aliphatic rings. The standard InChI is InChI=1S/C19H21NO3S/c1-24(22)18-9-7-16(8-10-18)19(21)23-14-15-11-12-20(13-15)17-5-3-2-4-6-17/h2-10,15H,11-14H2,1H3/t15-,24+/m1/s1. The zero-order valence-corrected chi connectivity index (χ0v) is 14.5. The van der Waals surface area contributed by atoms with Gasteiger partial charge in [-0.15, -0.1) is 0 Å². The molecule has 24 heavy (non-hydrogen) atoms. The van der Waals surface area contributed by atoms with E-state index >= 15 is 0 Å². The van der Waals surface area contributed by atoms with Gasteiger partial charge in [0.15, 0.2) is 0 Å². The van der Waals surface area contributed by atoms with Crippen LogP contribution in [0.15, 0.2) is 59.5 Å². The third kappa shape index (κ3) is 4.03. The van der Waals surface area contributed by atoms with Gasteiger partial charge in [-0.1, -0.05) is 18.2 Å². The summed E-state index contributed by atoms with van der Waals surface area (Å²) in [7, 11) is -1.04. The molecule has 1 aliphatic heterocycles. The molecule has 0 amide bonds. The van der Waals surface area contributed by atoms with Crippen molar-refractivity contribution in [3.8, 4) is 0 Å². The maximum atomic E-state index is 12.1. The lowest BCUT2D eigenvalue weighted by Gasteiger charge is -2.18. The van der Waals surface area contributed by atoms with Crippen LogP contribution in [0.4, 0.5) is 5.69 Å². The van der Waals surface area contributed by atoms with Crippen LogP contribution in [0.1, 0.15) is 16.8 Å². The largest absolute Gasteiger partial charge is 0.462 e. The van der Waals surface area contributed by atoms with Gasteiger partial charge in [-0.3, -0.25) is 4.21 Å². The Hall–Kier alpha value is -2.14. The van der Waals surface area contributed by atoms with Crippen molar-refractivity contribution in [2.75, 3.05) is 30.9 Å². The van der Waals surface area contributed by atoms with E-state index in [9.17, 15) is 9.00 Å². The van der Waals surface area contributed by atoms with Gasteiger partial charge in [0.2, 0.25) is 0 Å². The lowest BCUT2D eigenvalue weighted by Crippen LogP contribution is -2.21. The van der Waals surface area contributed by atoms with Crippen LogP contribution in [0.5, 0.6) is 0 Å². The first kappa shape index (κ1) is 16.7. The predicted octanol–water partition coefficient (Wildman–Crippen LogP) is 3.11. The highest BCUT2D eigenvalue weighted by Gasteiger charge is 2.24. The summed E-state index contributed by atoms with van der Waals surface area (Å²) in [4.78, 5) is 15.2. The van der Waals surface area contributed by atoms with Crippen molar-refractivity contribution in [1.29, 1.82) is 0 Å². The fourth-order valence-corrected chi connectivity index (χ4v) is 3.42. The number of benzene rings is 2. The summed E-state index contributed by atoms with van der Waals surface area (Å²) in [6.45, 7) is 2.33. The number of ether oxygens (including phenoxy) is 1. The van der Waals surface area contributed by atoms with E-state index < -0.39 is 10.8 Å². The minimum absolute atomic E-state index is 0.318. The minimum atomic E-state index is -1.04. The molecule has 126 valence electrons. The summed E-state index contributed by atoms with van der Waals surface area (Å²) < 4.78 is 16.8. The molecule has 2 atom stereocenters. The molecule has 0 N–H and O–H groups in total. The van der Waals surface area contributed by atoms with Crippen LogP contribution in [0, 0.1) is 5.92 Å². The highest BCUT2D eigenvalue weighted by molar-refractivity contribution is 7.84. The molecule has 1 heterocycles. The lowest BCUT2D eigenvalue weighted by atomic mass is 10.1. The summed E-state index contributed by atoms with van der Waals surface area (Å²) in [5.41, 5.74) is 1.72. The number of carbonyl (C=O) groups is 1. The van der Waals surface area contributed by atoms with E-state index in [4.69, 9.17) is 4.74 Å².